The van der Waals surface area contributed by atoms with E-state index >= 15 is 0 Å². The first kappa shape index (κ1) is 21.1. The molecular weight excluding hydrogens is 465 g/mol. The Morgan fingerprint density at radius 2 is 2.00 bits per heavy atom. The second-order valence-electron chi connectivity index (χ2n) is 7.52. The molecule has 3 heterocycles. The van der Waals surface area contributed by atoms with Crippen LogP contribution in [-0.2, 0) is 6.54 Å². The van der Waals surface area contributed by atoms with Gasteiger partial charge in [0.1, 0.15) is 6.26 Å². The molecule has 1 atom stereocenters. The third-order valence-corrected chi connectivity index (χ3v) is 5.51. The number of aromatic nitrogens is 1. The van der Waals surface area contributed by atoms with Gasteiger partial charge in [-0.3, -0.25) is 4.99 Å². The Labute approximate surface area is 184 Å². The summed E-state index contributed by atoms with van der Waals surface area (Å²) in [6, 6.07) is 9.99. The fourth-order valence-corrected chi connectivity index (χ4v) is 4.11. The van der Waals surface area contributed by atoms with E-state index in [0.29, 0.717) is 12.4 Å². The summed E-state index contributed by atoms with van der Waals surface area (Å²) >= 11 is 0. The average Bonchev–Trinajstić information content (AvgIpc) is 3.46. The lowest BCUT2D eigenvalue weighted by atomic mass is 10.1. The molecule has 1 aromatic carbocycles. The summed E-state index contributed by atoms with van der Waals surface area (Å²) in [5.74, 6) is 2.37. The van der Waals surface area contributed by atoms with Gasteiger partial charge in [-0.15, -0.1) is 24.0 Å². The Kier molecular flexibility index (Phi) is 7.73. The fraction of sp³-hybridized carbons (Fsp3) is 0.524. The lowest BCUT2D eigenvalue weighted by Crippen LogP contribution is -2.40. The summed E-state index contributed by atoms with van der Waals surface area (Å²) in [5, 5.41) is 3.45. The van der Waals surface area contributed by atoms with Crippen LogP contribution in [0.4, 0.5) is 0 Å². The predicted molar refractivity (Wildman–Crippen MR) is 123 cm³/mol. The molecule has 4 rings (SSSR count). The van der Waals surface area contributed by atoms with Crippen molar-refractivity contribution in [2.75, 3.05) is 39.8 Å². The molecule has 7 heteroatoms. The van der Waals surface area contributed by atoms with Gasteiger partial charge in [-0.25, -0.2) is 4.98 Å². The van der Waals surface area contributed by atoms with Crippen LogP contribution in [0.3, 0.4) is 0 Å². The number of oxazole rings is 1. The average molecular weight is 495 g/mol. The number of likely N-dealkylation sites (tertiary alicyclic amines) is 2. The van der Waals surface area contributed by atoms with E-state index < -0.39 is 0 Å². The van der Waals surface area contributed by atoms with Crippen LogP contribution in [0.5, 0.6) is 0 Å². The van der Waals surface area contributed by atoms with Crippen LogP contribution in [0.15, 0.2) is 46.0 Å². The van der Waals surface area contributed by atoms with Crippen LogP contribution in [0.2, 0.25) is 0 Å². The van der Waals surface area contributed by atoms with Crippen LogP contribution in [0.25, 0.3) is 11.5 Å². The largest absolute Gasteiger partial charge is 0.444 e. The summed E-state index contributed by atoms with van der Waals surface area (Å²) in [4.78, 5) is 14.1. The number of hydrogen-bond donors (Lipinski definition) is 1. The maximum absolute atomic E-state index is 5.62. The first-order chi connectivity index (χ1) is 13.3. The first-order valence-electron chi connectivity index (χ1n) is 9.99. The van der Waals surface area contributed by atoms with Gasteiger partial charge in [0, 0.05) is 32.2 Å². The molecule has 2 saturated heterocycles. The quantitative estimate of drug-likeness (QED) is 0.391. The maximum Gasteiger partial charge on any atom is 0.226 e. The van der Waals surface area contributed by atoms with Gasteiger partial charge >= 0.3 is 0 Å². The molecule has 1 unspecified atom stereocenters. The Hall–Kier alpha value is -1.61. The lowest BCUT2D eigenvalue weighted by Gasteiger charge is -2.23. The summed E-state index contributed by atoms with van der Waals surface area (Å²) in [7, 11) is 1.86. The van der Waals surface area contributed by atoms with Crippen LogP contribution < -0.4 is 5.32 Å². The van der Waals surface area contributed by atoms with Gasteiger partial charge < -0.3 is 19.5 Å². The van der Waals surface area contributed by atoms with Gasteiger partial charge in [-0.2, -0.15) is 0 Å². The molecule has 1 N–H and O–H groups in total. The Morgan fingerprint density at radius 3 is 2.75 bits per heavy atom. The molecule has 1 aromatic heterocycles. The van der Waals surface area contributed by atoms with E-state index in [9.17, 15) is 0 Å². The van der Waals surface area contributed by atoms with Crippen LogP contribution >= 0.6 is 24.0 Å². The van der Waals surface area contributed by atoms with Crippen molar-refractivity contribution in [1.29, 1.82) is 0 Å². The molecule has 0 aliphatic carbocycles. The summed E-state index contributed by atoms with van der Waals surface area (Å²) in [6.07, 6.45) is 5.70. The van der Waals surface area contributed by atoms with Gasteiger partial charge in [0.15, 0.2) is 5.96 Å². The molecule has 6 nitrogen and oxygen atoms in total. The van der Waals surface area contributed by atoms with E-state index in [0.717, 1.165) is 36.2 Å². The first-order valence-corrected chi connectivity index (χ1v) is 9.99. The molecule has 2 aliphatic rings. The minimum Gasteiger partial charge on any atom is -0.444 e. The van der Waals surface area contributed by atoms with Crippen molar-refractivity contribution >= 4 is 29.9 Å². The number of aliphatic imine (C=N–C) groups is 1. The third kappa shape index (κ3) is 5.26. The number of halogens is 1. The zero-order chi connectivity index (χ0) is 18.5. The molecular formula is C21H30IN5O. The second-order valence-corrected chi connectivity index (χ2v) is 7.52. The van der Waals surface area contributed by atoms with Crippen molar-refractivity contribution in [3.8, 4) is 11.5 Å². The van der Waals surface area contributed by atoms with Crippen LogP contribution in [0, 0.1) is 5.92 Å². The maximum atomic E-state index is 5.62. The molecule has 0 spiro atoms. The number of hydrogen-bond acceptors (Lipinski definition) is 4. The molecule has 152 valence electrons. The minimum atomic E-state index is 0. The van der Waals surface area contributed by atoms with Gasteiger partial charge in [0.25, 0.3) is 0 Å². The van der Waals surface area contributed by atoms with E-state index in [1.807, 2.05) is 37.4 Å². The Balaban J connectivity index is 0.00000225. The zero-order valence-corrected chi connectivity index (χ0v) is 18.8. The second kappa shape index (κ2) is 10.2. The standard InChI is InChI=1S/C21H29N5O.HI/c1-22-21(26-12-9-17(15-26)14-25-10-5-6-11-25)23-13-19-16-27-20(24-19)18-7-3-2-4-8-18;/h2-4,7-8,16-17H,5-6,9-15H2,1H3,(H,22,23);1H. The van der Waals surface area contributed by atoms with Crippen LogP contribution in [-0.4, -0.2) is 60.5 Å². The number of benzene rings is 1. The highest BCUT2D eigenvalue weighted by Gasteiger charge is 2.27. The predicted octanol–water partition coefficient (Wildman–Crippen LogP) is 3.45. The van der Waals surface area contributed by atoms with Crippen molar-refractivity contribution in [2.45, 2.75) is 25.8 Å². The number of nitrogens with one attached hydrogen (secondary N) is 1. The van der Waals surface area contributed by atoms with Gasteiger partial charge in [0.2, 0.25) is 5.89 Å². The summed E-state index contributed by atoms with van der Waals surface area (Å²) in [5.41, 5.74) is 1.89. The van der Waals surface area contributed by atoms with Crippen molar-refractivity contribution in [3.63, 3.8) is 0 Å². The molecule has 0 radical (unpaired) electrons. The summed E-state index contributed by atoms with van der Waals surface area (Å²) in [6.45, 7) is 6.57. The van der Waals surface area contributed by atoms with Crippen molar-refractivity contribution in [1.82, 2.24) is 20.1 Å². The normalized spacial score (nSPS) is 20.4. The SMILES string of the molecule is CN=C(NCc1coc(-c2ccccc2)n1)N1CCC(CN2CCCC2)C1.I. The van der Waals surface area contributed by atoms with Gasteiger partial charge in [-0.05, 0) is 50.4 Å². The molecule has 2 aliphatic heterocycles. The molecule has 2 fully saturated rings. The Morgan fingerprint density at radius 1 is 1.21 bits per heavy atom. The van der Waals surface area contributed by atoms with Gasteiger partial charge in [-0.1, -0.05) is 18.2 Å². The van der Waals surface area contributed by atoms with E-state index in [1.165, 1.54) is 38.9 Å². The molecule has 0 bridgehead atoms. The minimum absolute atomic E-state index is 0. The van der Waals surface area contributed by atoms with E-state index in [1.54, 1.807) is 6.26 Å². The number of nitrogens with zero attached hydrogens (tertiary/aromatic N) is 4. The highest BCUT2D eigenvalue weighted by Crippen LogP contribution is 2.20. The van der Waals surface area contributed by atoms with Crippen molar-refractivity contribution in [3.05, 3.63) is 42.3 Å². The molecule has 2 aromatic rings. The monoisotopic (exact) mass is 495 g/mol. The van der Waals surface area contributed by atoms with Crippen LogP contribution in [0.1, 0.15) is 25.0 Å². The van der Waals surface area contributed by atoms with E-state index in [4.69, 9.17) is 4.42 Å². The summed E-state index contributed by atoms with van der Waals surface area (Å²) < 4.78 is 5.62. The van der Waals surface area contributed by atoms with Crippen molar-refractivity contribution in [2.24, 2.45) is 10.9 Å². The topological polar surface area (TPSA) is 56.9 Å². The fourth-order valence-electron chi connectivity index (χ4n) is 4.11. The number of rotatable bonds is 5. The van der Waals surface area contributed by atoms with E-state index in [-0.39, 0.29) is 24.0 Å². The smallest absolute Gasteiger partial charge is 0.226 e. The zero-order valence-electron chi connectivity index (χ0n) is 16.5. The van der Waals surface area contributed by atoms with Gasteiger partial charge in [0.05, 0.1) is 12.2 Å². The lowest BCUT2D eigenvalue weighted by molar-refractivity contribution is 0.281. The molecule has 28 heavy (non-hydrogen) atoms. The van der Waals surface area contributed by atoms with Crippen molar-refractivity contribution < 1.29 is 4.42 Å². The third-order valence-electron chi connectivity index (χ3n) is 5.51. The Bertz CT molecular complexity index is 757. The molecule has 0 amide bonds. The number of guanidine groups is 1. The highest BCUT2D eigenvalue weighted by atomic mass is 127. The molecule has 0 saturated carbocycles. The van der Waals surface area contributed by atoms with E-state index in [2.05, 4.69) is 25.1 Å². The highest BCUT2D eigenvalue weighted by molar-refractivity contribution is 14.0.